The molecule has 0 bridgehead atoms. The molecule has 1 N–H and O–H groups in total. The van der Waals surface area contributed by atoms with E-state index < -0.39 is 5.60 Å². The lowest BCUT2D eigenvalue weighted by Gasteiger charge is -2.33. The smallest absolute Gasteiger partial charge is 0.407 e. The van der Waals surface area contributed by atoms with Crippen molar-refractivity contribution in [3.05, 3.63) is 22.3 Å². The highest BCUT2D eigenvalue weighted by atomic mass is 79.9. The summed E-state index contributed by atoms with van der Waals surface area (Å²) in [6.07, 6.45) is 1.77. The van der Waals surface area contributed by atoms with E-state index in [1.165, 1.54) is 0 Å². The molecule has 1 amide bonds. The number of alkyl carbamates (subject to hydrolysis) is 1. The summed E-state index contributed by atoms with van der Waals surface area (Å²) in [6.45, 7) is 10.2. The fourth-order valence-electron chi connectivity index (χ4n) is 2.61. The molecule has 0 radical (unpaired) electrons. The Kier molecular flexibility index (Phi) is 5.89. The van der Waals surface area contributed by atoms with E-state index in [0.717, 1.165) is 41.9 Å². The zero-order chi connectivity index (χ0) is 17.0. The number of hydrogen-bond acceptors (Lipinski definition) is 4. The maximum absolute atomic E-state index is 11.7. The second-order valence-corrected chi connectivity index (χ2v) is 7.90. The first-order valence-corrected chi connectivity index (χ1v) is 8.89. The fourth-order valence-corrected chi connectivity index (χ4v) is 2.84. The van der Waals surface area contributed by atoms with Crippen LogP contribution in [-0.2, 0) is 4.74 Å². The van der Waals surface area contributed by atoms with Crippen LogP contribution in [0.25, 0.3) is 0 Å². The number of aryl methyl sites for hydroxylation is 1. The summed E-state index contributed by atoms with van der Waals surface area (Å²) in [5, 5.41) is 2.88. The van der Waals surface area contributed by atoms with E-state index in [4.69, 9.17) is 4.74 Å². The lowest BCUT2D eigenvalue weighted by atomic mass is 9.97. The summed E-state index contributed by atoms with van der Waals surface area (Å²) >= 11 is 3.48. The van der Waals surface area contributed by atoms with Crippen molar-refractivity contribution in [1.82, 2.24) is 10.3 Å². The van der Waals surface area contributed by atoms with Gasteiger partial charge < -0.3 is 15.0 Å². The SMILES string of the molecule is Cc1nc(N2CCC(CNC(=O)OC(C)(C)C)CC2)ccc1Br. The first kappa shape index (κ1) is 18.0. The van der Waals surface area contributed by atoms with Gasteiger partial charge in [-0.15, -0.1) is 0 Å². The molecule has 1 fully saturated rings. The van der Waals surface area contributed by atoms with Crippen LogP contribution in [0.15, 0.2) is 16.6 Å². The summed E-state index contributed by atoms with van der Waals surface area (Å²) in [4.78, 5) is 18.6. The van der Waals surface area contributed by atoms with Gasteiger partial charge in [-0.3, -0.25) is 0 Å². The van der Waals surface area contributed by atoms with Gasteiger partial charge in [0.1, 0.15) is 11.4 Å². The number of aromatic nitrogens is 1. The Morgan fingerprint density at radius 3 is 2.61 bits per heavy atom. The fraction of sp³-hybridized carbons (Fsp3) is 0.647. The summed E-state index contributed by atoms with van der Waals surface area (Å²) in [6, 6.07) is 4.10. The molecule has 0 atom stereocenters. The molecule has 1 aromatic rings. The molecule has 0 spiro atoms. The molecule has 1 aliphatic heterocycles. The van der Waals surface area contributed by atoms with Crippen molar-refractivity contribution in [3.63, 3.8) is 0 Å². The van der Waals surface area contributed by atoms with E-state index in [1.807, 2.05) is 33.8 Å². The largest absolute Gasteiger partial charge is 0.444 e. The van der Waals surface area contributed by atoms with Crippen LogP contribution in [0.1, 0.15) is 39.3 Å². The van der Waals surface area contributed by atoms with Crippen LogP contribution >= 0.6 is 15.9 Å². The predicted octanol–water partition coefficient (Wildman–Crippen LogP) is 3.89. The summed E-state index contributed by atoms with van der Waals surface area (Å²) in [7, 11) is 0. The first-order valence-electron chi connectivity index (χ1n) is 8.09. The van der Waals surface area contributed by atoms with Gasteiger partial charge in [0.25, 0.3) is 0 Å². The third-order valence-corrected chi connectivity index (χ3v) is 4.72. The van der Waals surface area contributed by atoms with Gasteiger partial charge in [0.15, 0.2) is 0 Å². The molecule has 2 rings (SSSR count). The average molecular weight is 384 g/mol. The second-order valence-electron chi connectivity index (χ2n) is 7.05. The number of ether oxygens (including phenoxy) is 1. The third kappa shape index (κ3) is 5.68. The number of carbonyl (C=O) groups is 1. The lowest BCUT2D eigenvalue weighted by Crippen LogP contribution is -2.40. The quantitative estimate of drug-likeness (QED) is 0.859. The number of halogens is 1. The van der Waals surface area contributed by atoms with Crippen LogP contribution in [0.2, 0.25) is 0 Å². The van der Waals surface area contributed by atoms with E-state index in [2.05, 4.69) is 37.2 Å². The molecule has 128 valence electrons. The Bertz CT molecular complexity index is 549. The molecular weight excluding hydrogens is 358 g/mol. The number of piperidine rings is 1. The second kappa shape index (κ2) is 7.51. The van der Waals surface area contributed by atoms with Crippen LogP contribution in [0.3, 0.4) is 0 Å². The Balaban J connectivity index is 1.77. The van der Waals surface area contributed by atoms with Crippen LogP contribution < -0.4 is 10.2 Å². The maximum Gasteiger partial charge on any atom is 0.407 e. The number of carbonyl (C=O) groups excluding carboxylic acids is 1. The summed E-state index contributed by atoms with van der Waals surface area (Å²) in [5.41, 5.74) is 0.565. The predicted molar refractivity (Wildman–Crippen MR) is 95.8 cm³/mol. The molecular formula is C17H26BrN3O2. The van der Waals surface area contributed by atoms with Crippen molar-refractivity contribution in [2.75, 3.05) is 24.5 Å². The van der Waals surface area contributed by atoms with Gasteiger partial charge in [0.05, 0.1) is 5.69 Å². The van der Waals surface area contributed by atoms with Gasteiger partial charge in [-0.25, -0.2) is 9.78 Å². The van der Waals surface area contributed by atoms with Crippen LogP contribution in [-0.4, -0.2) is 36.3 Å². The lowest BCUT2D eigenvalue weighted by molar-refractivity contribution is 0.0517. The highest BCUT2D eigenvalue weighted by Gasteiger charge is 2.22. The minimum absolute atomic E-state index is 0.329. The van der Waals surface area contributed by atoms with Crippen molar-refractivity contribution < 1.29 is 9.53 Å². The van der Waals surface area contributed by atoms with E-state index in [1.54, 1.807) is 0 Å². The molecule has 5 nitrogen and oxygen atoms in total. The molecule has 1 aliphatic rings. The monoisotopic (exact) mass is 383 g/mol. The Morgan fingerprint density at radius 2 is 2.04 bits per heavy atom. The van der Waals surface area contributed by atoms with Gasteiger partial charge >= 0.3 is 6.09 Å². The number of nitrogens with zero attached hydrogens (tertiary/aromatic N) is 2. The van der Waals surface area contributed by atoms with Crippen LogP contribution in [0, 0.1) is 12.8 Å². The maximum atomic E-state index is 11.7. The van der Waals surface area contributed by atoms with Gasteiger partial charge in [-0.2, -0.15) is 0 Å². The Morgan fingerprint density at radius 1 is 1.39 bits per heavy atom. The molecule has 0 saturated carbocycles. The molecule has 1 aromatic heterocycles. The molecule has 0 aromatic carbocycles. The number of pyridine rings is 1. The zero-order valence-corrected chi connectivity index (χ0v) is 15.9. The van der Waals surface area contributed by atoms with Crippen molar-refractivity contribution in [3.8, 4) is 0 Å². The Hall–Kier alpha value is -1.30. The van der Waals surface area contributed by atoms with E-state index in [0.29, 0.717) is 12.5 Å². The third-order valence-electron chi connectivity index (χ3n) is 3.88. The number of anilines is 1. The Labute approximate surface area is 146 Å². The van der Waals surface area contributed by atoms with Crippen molar-refractivity contribution in [2.24, 2.45) is 5.92 Å². The number of nitrogens with one attached hydrogen (secondary N) is 1. The minimum Gasteiger partial charge on any atom is -0.444 e. The minimum atomic E-state index is -0.446. The number of hydrogen-bond donors (Lipinski definition) is 1. The van der Waals surface area contributed by atoms with Gasteiger partial charge in [-0.05, 0) is 74.5 Å². The normalized spacial score (nSPS) is 16.3. The number of amides is 1. The summed E-state index contributed by atoms with van der Waals surface area (Å²) < 4.78 is 6.31. The van der Waals surface area contributed by atoms with Gasteiger partial charge in [0, 0.05) is 24.1 Å². The van der Waals surface area contributed by atoms with Crippen molar-refractivity contribution in [2.45, 2.75) is 46.1 Å². The zero-order valence-electron chi connectivity index (χ0n) is 14.4. The molecule has 1 saturated heterocycles. The van der Waals surface area contributed by atoms with E-state index >= 15 is 0 Å². The van der Waals surface area contributed by atoms with Crippen LogP contribution in [0.5, 0.6) is 0 Å². The molecule has 6 heteroatoms. The number of rotatable bonds is 3. The van der Waals surface area contributed by atoms with Crippen molar-refractivity contribution in [1.29, 1.82) is 0 Å². The molecule has 0 unspecified atom stereocenters. The van der Waals surface area contributed by atoms with Gasteiger partial charge in [0.2, 0.25) is 0 Å². The average Bonchev–Trinajstić information content (AvgIpc) is 2.47. The molecule has 2 heterocycles. The molecule has 0 aliphatic carbocycles. The van der Waals surface area contributed by atoms with Crippen molar-refractivity contribution >= 4 is 27.8 Å². The first-order chi connectivity index (χ1) is 10.7. The van der Waals surface area contributed by atoms with E-state index in [9.17, 15) is 4.79 Å². The topological polar surface area (TPSA) is 54.5 Å². The standard InChI is InChI=1S/C17H26BrN3O2/c1-12-14(18)5-6-15(20-12)21-9-7-13(8-10-21)11-19-16(22)23-17(2,3)4/h5-6,13H,7-11H2,1-4H3,(H,19,22). The highest BCUT2D eigenvalue weighted by Crippen LogP contribution is 2.24. The highest BCUT2D eigenvalue weighted by molar-refractivity contribution is 9.10. The van der Waals surface area contributed by atoms with Crippen LogP contribution in [0.4, 0.5) is 10.6 Å². The summed E-state index contributed by atoms with van der Waals surface area (Å²) in [5.74, 6) is 1.53. The molecule has 23 heavy (non-hydrogen) atoms. The van der Waals surface area contributed by atoms with Gasteiger partial charge in [-0.1, -0.05) is 0 Å². The van der Waals surface area contributed by atoms with E-state index in [-0.39, 0.29) is 6.09 Å².